The zero-order valence-corrected chi connectivity index (χ0v) is 25.9. The van der Waals surface area contributed by atoms with Gasteiger partial charge in [0.2, 0.25) is 17.7 Å². The van der Waals surface area contributed by atoms with Crippen LogP contribution in [0.1, 0.15) is 47.2 Å². The number of nitrogens with two attached hydrogens (primary N) is 2. The van der Waals surface area contributed by atoms with Crippen molar-refractivity contribution in [3.05, 3.63) is 65.2 Å². The lowest BCUT2D eigenvalue weighted by Crippen LogP contribution is -2.60. The molecule has 0 spiro atoms. The summed E-state index contributed by atoms with van der Waals surface area (Å²) in [4.78, 5) is 73.7. The first-order valence-electron chi connectivity index (χ1n) is 14.5. The van der Waals surface area contributed by atoms with E-state index in [1.54, 1.807) is 24.3 Å². The largest absolute Gasteiger partial charge is 0.490 e. The summed E-state index contributed by atoms with van der Waals surface area (Å²) < 4.78 is 31.7. The third-order valence-electron chi connectivity index (χ3n) is 6.94. The van der Waals surface area contributed by atoms with Crippen molar-refractivity contribution in [2.24, 2.45) is 11.5 Å². The number of carbonyl (C=O) groups excluding carboxylic acids is 4. The highest BCUT2D eigenvalue weighted by Crippen LogP contribution is 2.19. The van der Waals surface area contributed by atoms with E-state index in [1.807, 2.05) is 0 Å². The average molecular weight is 693 g/mol. The Morgan fingerprint density at radius 2 is 1.37 bits per heavy atom. The van der Waals surface area contributed by atoms with Gasteiger partial charge in [-0.15, -0.1) is 0 Å². The van der Waals surface area contributed by atoms with Crippen LogP contribution in [-0.2, 0) is 24.0 Å². The van der Waals surface area contributed by atoms with E-state index >= 15 is 0 Å². The van der Waals surface area contributed by atoms with E-state index in [0.717, 1.165) is 0 Å². The predicted octanol–water partition coefficient (Wildman–Crippen LogP) is 0.941. The number of halogens is 3. The highest BCUT2D eigenvalue weighted by atomic mass is 19.4. The zero-order valence-electron chi connectivity index (χ0n) is 25.9. The third kappa shape index (κ3) is 12.6. The quantitative estimate of drug-likeness (QED) is 0.0836. The van der Waals surface area contributed by atoms with E-state index in [1.165, 1.54) is 34.1 Å². The number of benzene rings is 2. The number of nitrogen functional groups attached to an aromatic ring is 2. The van der Waals surface area contributed by atoms with Gasteiger partial charge >= 0.3 is 18.1 Å². The maximum Gasteiger partial charge on any atom is 0.490 e. The Balaban J connectivity index is 0.00000107. The normalized spacial score (nSPS) is 14.2. The second kappa shape index (κ2) is 17.8. The minimum atomic E-state index is -5.08. The van der Waals surface area contributed by atoms with Crippen LogP contribution >= 0.6 is 0 Å². The molecule has 16 nitrogen and oxygen atoms in total. The Bertz CT molecular complexity index is 1570. The molecular weight excluding hydrogens is 657 g/mol. The molecule has 0 radical (unpaired) electrons. The highest BCUT2D eigenvalue weighted by Gasteiger charge is 2.39. The Morgan fingerprint density at radius 1 is 0.857 bits per heavy atom. The minimum Gasteiger partial charge on any atom is -0.480 e. The predicted molar refractivity (Wildman–Crippen MR) is 168 cm³/mol. The molecule has 1 heterocycles. The van der Waals surface area contributed by atoms with E-state index < -0.39 is 48.4 Å². The van der Waals surface area contributed by atoms with Gasteiger partial charge in [-0.05, 0) is 49.2 Å². The van der Waals surface area contributed by atoms with Crippen molar-refractivity contribution in [3.8, 4) is 0 Å². The number of alkyl halides is 3. The molecule has 4 amide bonds. The smallest absolute Gasteiger partial charge is 0.480 e. The van der Waals surface area contributed by atoms with Gasteiger partial charge < -0.3 is 42.1 Å². The van der Waals surface area contributed by atoms with Gasteiger partial charge in [0.1, 0.15) is 24.3 Å². The van der Waals surface area contributed by atoms with Crippen molar-refractivity contribution in [3.63, 3.8) is 0 Å². The molecule has 19 heteroatoms. The van der Waals surface area contributed by atoms with Crippen molar-refractivity contribution in [1.29, 1.82) is 10.8 Å². The average Bonchev–Trinajstić information content (AvgIpc) is 3.03. The Hall–Kier alpha value is -6.01. The SMILES string of the molecule is N=C(N)c1ccc(NC(=O)CCCC[C@H]2C(=O)N(CC(=O)O)CCN2C(=O)CNC(=O)c2ccc(C(=N)N)cc2)cc1.O=C(O)C(F)(F)F. The van der Waals surface area contributed by atoms with Crippen LogP contribution in [0.4, 0.5) is 18.9 Å². The molecule has 0 unspecified atom stereocenters. The number of nitrogens with one attached hydrogen (secondary N) is 4. The summed E-state index contributed by atoms with van der Waals surface area (Å²) in [6.07, 6.45) is -3.90. The van der Waals surface area contributed by atoms with Gasteiger partial charge in [-0.2, -0.15) is 13.2 Å². The molecule has 0 bridgehead atoms. The third-order valence-corrected chi connectivity index (χ3v) is 6.94. The summed E-state index contributed by atoms with van der Waals surface area (Å²) in [5.74, 6) is -5.92. The van der Waals surface area contributed by atoms with Crippen molar-refractivity contribution in [2.75, 3.05) is 31.5 Å². The fourth-order valence-corrected chi connectivity index (χ4v) is 4.48. The van der Waals surface area contributed by atoms with Gasteiger partial charge in [0.15, 0.2) is 0 Å². The lowest BCUT2D eigenvalue weighted by Gasteiger charge is -2.40. The van der Waals surface area contributed by atoms with E-state index in [2.05, 4.69) is 10.6 Å². The summed E-state index contributed by atoms with van der Waals surface area (Å²) in [6, 6.07) is 11.6. The van der Waals surface area contributed by atoms with Crippen molar-refractivity contribution < 1.29 is 52.2 Å². The fraction of sp³-hybridized carbons (Fsp3) is 0.333. The van der Waals surface area contributed by atoms with Gasteiger partial charge in [-0.1, -0.05) is 18.6 Å². The minimum absolute atomic E-state index is 0.0403. The van der Waals surface area contributed by atoms with Crippen LogP contribution in [0.3, 0.4) is 0 Å². The summed E-state index contributed by atoms with van der Waals surface area (Å²) in [5.41, 5.74) is 12.6. The molecule has 0 aliphatic carbocycles. The van der Waals surface area contributed by atoms with Crippen LogP contribution in [0.5, 0.6) is 0 Å². The van der Waals surface area contributed by atoms with Gasteiger partial charge in [0.05, 0.1) is 6.54 Å². The highest BCUT2D eigenvalue weighted by molar-refractivity contribution is 6.00. The number of unbranched alkanes of at least 4 members (excludes halogenated alkanes) is 1. The van der Waals surface area contributed by atoms with Gasteiger partial charge in [0, 0.05) is 41.9 Å². The number of carboxylic acid groups (broad SMARTS) is 2. The van der Waals surface area contributed by atoms with Gasteiger partial charge in [0.25, 0.3) is 5.91 Å². The molecule has 1 fully saturated rings. The first-order valence-corrected chi connectivity index (χ1v) is 14.5. The lowest BCUT2D eigenvalue weighted by molar-refractivity contribution is -0.192. The summed E-state index contributed by atoms with van der Waals surface area (Å²) >= 11 is 0. The number of rotatable bonds is 13. The number of amidine groups is 2. The van der Waals surface area contributed by atoms with Gasteiger partial charge in [-0.3, -0.25) is 34.8 Å². The van der Waals surface area contributed by atoms with Crippen LogP contribution in [-0.4, -0.2) is 106 Å². The molecule has 0 aromatic heterocycles. The number of amides is 4. The fourth-order valence-electron chi connectivity index (χ4n) is 4.48. The molecule has 1 saturated heterocycles. The van der Waals surface area contributed by atoms with E-state index in [4.69, 9.17) is 32.2 Å². The monoisotopic (exact) mass is 692 g/mol. The van der Waals surface area contributed by atoms with Crippen LogP contribution < -0.4 is 22.1 Å². The molecule has 1 atom stereocenters. The second-order valence-corrected chi connectivity index (χ2v) is 10.5. The molecule has 2 aromatic carbocycles. The number of piperazine rings is 1. The van der Waals surface area contributed by atoms with Gasteiger partial charge in [-0.25, -0.2) is 4.79 Å². The lowest BCUT2D eigenvalue weighted by atomic mass is 10.0. The number of hydrogen-bond donors (Lipinski definition) is 8. The Morgan fingerprint density at radius 3 is 1.86 bits per heavy atom. The molecular formula is C30H35F3N8O8. The molecule has 0 saturated carbocycles. The first-order chi connectivity index (χ1) is 22.9. The first kappa shape index (κ1) is 39.2. The summed E-state index contributed by atoms with van der Waals surface area (Å²) in [6.45, 7) is -0.725. The second-order valence-electron chi connectivity index (χ2n) is 10.5. The number of aliphatic carboxylic acids is 2. The van der Waals surface area contributed by atoms with Crippen molar-refractivity contribution >= 4 is 52.9 Å². The number of anilines is 1. The van der Waals surface area contributed by atoms with Crippen molar-refractivity contribution in [1.82, 2.24) is 15.1 Å². The number of carboxylic acids is 2. The van der Waals surface area contributed by atoms with Crippen LogP contribution in [0.2, 0.25) is 0 Å². The molecule has 1 aliphatic heterocycles. The maximum atomic E-state index is 13.1. The van der Waals surface area contributed by atoms with Crippen LogP contribution in [0.15, 0.2) is 48.5 Å². The topological polar surface area (TPSA) is 273 Å². The van der Waals surface area contributed by atoms with Crippen LogP contribution in [0, 0.1) is 10.8 Å². The summed E-state index contributed by atoms with van der Waals surface area (Å²) in [5, 5.41) is 36.4. The number of carbonyl (C=O) groups is 6. The van der Waals surface area contributed by atoms with Crippen LogP contribution in [0.25, 0.3) is 0 Å². The molecule has 264 valence electrons. The standard InChI is InChI=1S/C28H34N8O6.C2HF3O2/c29-25(30)17-5-7-19(8-6-17)27(41)33-15-23(38)36-14-13-35(16-24(39)40)28(42)21(36)3-1-2-4-22(37)34-20-11-9-18(10-12-20)26(31)32;3-2(4,5)1(6)7/h5-12,21H,1-4,13-16H2,(H3,29,30)(H3,31,32)(H,33,41)(H,34,37)(H,39,40);(H,6,7)/t21-;/m0./s1. The van der Waals surface area contributed by atoms with E-state index in [9.17, 15) is 42.3 Å². The van der Waals surface area contributed by atoms with Crippen molar-refractivity contribution in [2.45, 2.75) is 37.9 Å². The molecule has 2 aromatic rings. The maximum absolute atomic E-state index is 13.1. The van der Waals surface area contributed by atoms with E-state index in [-0.39, 0.29) is 55.6 Å². The zero-order chi connectivity index (χ0) is 36.9. The summed E-state index contributed by atoms with van der Waals surface area (Å²) in [7, 11) is 0. The number of hydrogen-bond acceptors (Lipinski definition) is 8. The molecule has 3 rings (SSSR count). The Labute approximate surface area is 277 Å². The molecule has 1 aliphatic rings. The Kier molecular flexibility index (Phi) is 14.2. The molecule has 10 N–H and O–H groups in total. The number of nitrogens with zero attached hydrogens (tertiary/aromatic N) is 2. The van der Waals surface area contributed by atoms with E-state index in [0.29, 0.717) is 29.7 Å². The molecule has 49 heavy (non-hydrogen) atoms.